The van der Waals surface area contributed by atoms with Crippen LogP contribution in [0.4, 0.5) is 19.0 Å². The van der Waals surface area contributed by atoms with Gasteiger partial charge in [0.2, 0.25) is 5.91 Å². The Kier molecular flexibility index (Phi) is 4.39. The van der Waals surface area contributed by atoms with Gasteiger partial charge in [-0.1, -0.05) is 13.8 Å². The van der Waals surface area contributed by atoms with E-state index in [9.17, 15) is 18.0 Å². The van der Waals surface area contributed by atoms with Gasteiger partial charge in [-0.25, -0.2) is 4.98 Å². The Morgan fingerprint density at radius 3 is 2.38 bits per heavy atom. The molecule has 116 valence electrons. The monoisotopic (exact) mass is 301 g/mol. The number of hydrogen-bond acceptors (Lipinski definition) is 3. The molecule has 0 aromatic carbocycles. The number of alkyl halides is 3. The Balaban J connectivity index is 2.12. The van der Waals surface area contributed by atoms with E-state index < -0.39 is 11.7 Å². The Labute approximate surface area is 121 Å². The van der Waals surface area contributed by atoms with Gasteiger partial charge in [0.05, 0.1) is 5.56 Å². The molecule has 0 radical (unpaired) electrons. The number of aromatic nitrogens is 1. The third-order valence-corrected chi connectivity index (χ3v) is 3.48. The molecule has 1 amide bonds. The number of amides is 1. The van der Waals surface area contributed by atoms with E-state index in [1.54, 1.807) is 9.80 Å². The average molecular weight is 301 g/mol. The van der Waals surface area contributed by atoms with Crippen LogP contribution in [0.5, 0.6) is 0 Å². The number of anilines is 1. The SMILES string of the molecule is CC(C)C(=O)N1CCN(c2ncccc2C(F)(F)F)CC1. The van der Waals surface area contributed by atoms with Crippen LogP contribution in [0.2, 0.25) is 0 Å². The van der Waals surface area contributed by atoms with Crippen molar-refractivity contribution in [2.45, 2.75) is 20.0 Å². The highest BCUT2D eigenvalue weighted by Gasteiger charge is 2.36. The Morgan fingerprint density at radius 1 is 1.24 bits per heavy atom. The van der Waals surface area contributed by atoms with Crippen molar-refractivity contribution in [3.8, 4) is 0 Å². The first-order valence-corrected chi connectivity index (χ1v) is 6.86. The second-order valence-corrected chi connectivity index (χ2v) is 5.34. The summed E-state index contributed by atoms with van der Waals surface area (Å²) in [4.78, 5) is 19.0. The number of carbonyl (C=O) groups excluding carboxylic acids is 1. The molecular formula is C14H18F3N3O. The van der Waals surface area contributed by atoms with Gasteiger partial charge in [-0.2, -0.15) is 13.2 Å². The lowest BCUT2D eigenvalue weighted by Crippen LogP contribution is -2.50. The van der Waals surface area contributed by atoms with Gasteiger partial charge in [-0.05, 0) is 12.1 Å². The predicted molar refractivity (Wildman–Crippen MR) is 72.9 cm³/mol. The van der Waals surface area contributed by atoms with Crippen molar-refractivity contribution < 1.29 is 18.0 Å². The maximum Gasteiger partial charge on any atom is 0.419 e. The van der Waals surface area contributed by atoms with Crippen LogP contribution in [-0.4, -0.2) is 42.0 Å². The second kappa shape index (κ2) is 5.91. The summed E-state index contributed by atoms with van der Waals surface area (Å²) in [6, 6.07) is 2.32. The first-order valence-electron chi connectivity index (χ1n) is 6.86. The number of hydrogen-bond donors (Lipinski definition) is 0. The van der Waals surface area contributed by atoms with Gasteiger partial charge in [0.1, 0.15) is 5.82 Å². The normalized spacial score (nSPS) is 16.5. The number of piperazine rings is 1. The van der Waals surface area contributed by atoms with Crippen LogP contribution in [-0.2, 0) is 11.0 Å². The molecule has 7 heteroatoms. The van der Waals surface area contributed by atoms with Crippen molar-refractivity contribution in [2.24, 2.45) is 5.92 Å². The number of pyridine rings is 1. The summed E-state index contributed by atoms with van der Waals surface area (Å²) < 4.78 is 38.9. The van der Waals surface area contributed by atoms with Crippen molar-refractivity contribution >= 4 is 11.7 Å². The van der Waals surface area contributed by atoms with E-state index in [2.05, 4.69) is 4.98 Å². The van der Waals surface area contributed by atoms with Crippen molar-refractivity contribution in [1.82, 2.24) is 9.88 Å². The van der Waals surface area contributed by atoms with Crippen LogP contribution in [0.15, 0.2) is 18.3 Å². The van der Waals surface area contributed by atoms with Crippen LogP contribution in [0.25, 0.3) is 0 Å². The molecule has 0 unspecified atom stereocenters. The van der Waals surface area contributed by atoms with Gasteiger partial charge in [0.25, 0.3) is 0 Å². The highest BCUT2D eigenvalue weighted by molar-refractivity contribution is 5.78. The molecule has 1 saturated heterocycles. The van der Waals surface area contributed by atoms with Crippen LogP contribution < -0.4 is 4.90 Å². The Bertz CT molecular complexity index is 508. The first kappa shape index (κ1) is 15.6. The van der Waals surface area contributed by atoms with Crippen molar-refractivity contribution in [1.29, 1.82) is 0 Å². The highest BCUT2D eigenvalue weighted by Crippen LogP contribution is 2.35. The number of carbonyl (C=O) groups is 1. The van der Waals surface area contributed by atoms with Gasteiger partial charge in [-0.3, -0.25) is 4.79 Å². The smallest absolute Gasteiger partial charge is 0.353 e. The maximum absolute atomic E-state index is 13.0. The van der Waals surface area contributed by atoms with E-state index >= 15 is 0 Å². The molecule has 4 nitrogen and oxygen atoms in total. The van der Waals surface area contributed by atoms with Crippen molar-refractivity contribution in [3.05, 3.63) is 23.9 Å². The first-order chi connectivity index (χ1) is 9.80. The minimum Gasteiger partial charge on any atom is -0.353 e. The van der Waals surface area contributed by atoms with E-state index in [-0.39, 0.29) is 17.6 Å². The van der Waals surface area contributed by atoms with E-state index in [0.717, 1.165) is 6.07 Å². The summed E-state index contributed by atoms with van der Waals surface area (Å²) >= 11 is 0. The molecule has 0 spiro atoms. The van der Waals surface area contributed by atoms with E-state index in [1.807, 2.05) is 13.8 Å². The zero-order chi connectivity index (χ0) is 15.6. The van der Waals surface area contributed by atoms with Gasteiger partial charge < -0.3 is 9.80 Å². The molecule has 0 atom stereocenters. The average Bonchev–Trinajstić information content (AvgIpc) is 2.45. The minimum absolute atomic E-state index is 0.0340. The molecular weight excluding hydrogens is 283 g/mol. The Morgan fingerprint density at radius 2 is 1.86 bits per heavy atom. The van der Waals surface area contributed by atoms with Crippen molar-refractivity contribution in [3.63, 3.8) is 0 Å². The summed E-state index contributed by atoms with van der Waals surface area (Å²) in [6.45, 7) is 5.19. The molecule has 1 fully saturated rings. The third kappa shape index (κ3) is 3.46. The zero-order valence-corrected chi connectivity index (χ0v) is 12.0. The highest BCUT2D eigenvalue weighted by atomic mass is 19.4. The summed E-state index contributed by atoms with van der Waals surface area (Å²) in [5, 5.41) is 0. The van der Waals surface area contributed by atoms with Gasteiger partial charge >= 0.3 is 6.18 Å². The minimum atomic E-state index is -4.42. The van der Waals surface area contributed by atoms with E-state index in [1.165, 1.54) is 12.3 Å². The summed E-state index contributed by atoms with van der Waals surface area (Å²) in [7, 11) is 0. The molecule has 1 aliphatic heterocycles. The lowest BCUT2D eigenvalue weighted by molar-refractivity contribution is -0.138. The van der Waals surface area contributed by atoms with E-state index in [4.69, 9.17) is 0 Å². The van der Waals surface area contributed by atoms with Crippen LogP contribution in [0, 0.1) is 5.92 Å². The maximum atomic E-state index is 13.0. The molecule has 0 saturated carbocycles. The molecule has 2 heterocycles. The second-order valence-electron chi connectivity index (χ2n) is 5.34. The molecule has 1 aromatic rings. The lowest BCUT2D eigenvalue weighted by Gasteiger charge is -2.37. The number of nitrogens with zero attached hydrogens (tertiary/aromatic N) is 3. The molecule has 2 rings (SSSR count). The molecule has 1 aliphatic rings. The molecule has 0 bridgehead atoms. The molecule has 1 aromatic heterocycles. The number of rotatable bonds is 2. The van der Waals surface area contributed by atoms with Gasteiger partial charge in [0.15, 0.2) is 0 Å². The fraction of sp³-hybridized carbons (Fsp3) is 0.571. The third-order valence-electron chi connectivity index (χ3n) is 3.48. The summed E-state index contributed by atoms with van der Waals surface area (Å²) in [6.07, 6.45) is -3.06. The lowest BCUT2D eigenvalue weighted by atomic mass is 10.1. The molecule has 21 heavy (non-hydrogen) atoms. The summed E-state index contributed by atoms with van der Waals surface area (Å²) in [5.74, 6) is -0.120. The number of halogens is 3. The standard InChI is InChI=1S/C14H18F3N3O/c1-10(2)13(21)20-8-6-19(7-9-20)12-11(14(15,16)17)4-3-5-18-12/h3-5,10H,6-9H2,1-2H3. The Hall–Kier alpha value is -1.79. The van der Waals surface area contributed by atoms with Gasteiger partial charge in [0, 0.05) is 38.3 Å². The van der Waals surface area contributed by atoms with Gasteiger partial charge in [-0.15, -0.1) is 0 Å². The molecule has 0 N–H and O–H groups in total. The largest absolute Gasteiger partial charge is 0.419 e. The fourth-order valence-corrected chi connectivity index (χ4v) is 2.37. The van der Waals surface area contributed by atoms with Crippen molar-refractivity contribution in [2.75, 3.05) is 31.1 Å². The van der Waals surface area contributed by atoms with Crippen LogP contribution in [0.1, 0.15) is 19.4 Å². The zero-order valence-electron chi connectivity index (χ0n) is 12.0. The predicted octanol–water partition coefficient (Wildman–Crippen LogP) is 2.41. The van der Waals surface area contributed by atoms with Crippen LogP contribution >= 0.6 is 0 Å². The van der Waals surface area contributed by atoms with E-state index in [0.29, 0.717) is 26.2 Å². The van der Waals surface area contributed by atoms with Crippen LogP contribution in [0.3, 0.4) is 0 Å². The summed E-state index contributed by atoms with van der Waals surface area (Å²) in [5.41, 5.74) is -0.728. The quantitative estimate of drug-likeness (QED) is 0.841. The molecule has 0 aliphatic carbocycles. The topological polar surface area (TPSA) is 36.4 Å². The fourth-order valence-electron chi connectivity index (χ4n) is 2.37.